The van der Waals surface area contributed by atoms with E-state index >= 15 is 0 Å². The van der Waals surface area contributed by atoms with Crippen molar-refractivity contribution in [3.8, 4) is 0 Å². The number of oxime groups is 1. The summed E-state index contributed by atoms with van der Waals surface area (Å²) in [6.07, 6.45) is 7.78. The summed E-state index contributed by atoms with van der Waals surface area (Å²) in [4.78, 5) is 0. The molecule has 0 radical (unpaired) electrons. The first-order chi connectivity index (χ1) is 7.79. The highest BCUT2D eigenvalue weighted by Crippen LogP contribution is 2.23. The fraction of sp³-hybridized carbons (Fsp3) is 0.769. The van der Waals surface area contributed by atoms with Crippen LogP contribution in [-0.2, 0) is 4.74 Å². The molecule has 1 N–H and O–H groups in total. The van der Waals surface area contributed by atoms with Crippen LogP contribution in [0.1, 0.15) is 58.8 Å². The van der Waals surface area contributed by atoms with Gasteiger partial charge in [-0.05, 0) is 26.2 Å². The average Bonchev–Trinajstić information content (AvgIpc) is 2.31. The largest absolute Gasteiger partial charge is 0.498 e. The van der Waals surface area contributed by atoms with Crippen LogP contribution in [0.15, 0.2) is 16.5 Å². The van der Waals surface area contributed by atoms with E-state index < -0.39 is 0 Å². The zero-order chi connectivity index (χ0) is 11.8. The molecule has 0 heterocycles. The van der Waals surface area contributed by atoms with Gasteiger partial charge in [0.1, 0.15) is 5.76 Å². The van der Waals surface area contributed by atoms with Gasteiger partial charge < -0.3 is 9.94 Å². The Bertz CT molecular complexity index is 269. The van der Waals surface area contributed by atoms with Gasteiger partial charge in [0.2, 0.25) is 0 Å². The van der Waals surface area contributed by atoms with Crippen molar-refractivity contribution in [2.24, 2.45) is 5.16 Å². The van der Waals surface area contributed by atoms with Gasteiger partial charge in [-0.25, -0.2) is 0 Å². The van der Waals surface area contributed by atoms with E-state index in [1.807, 2.05) is 6.92 Å². The van der Waals surface area contributed by atoms with Crippen molar-refractivity contribution < 1.29 is 9.94 Å². The lowest BCUT2D eigenvalue weighted by molar-refractivity contribution is 0.190. The second-order valence-electron chi connectivity index (χ2n) is 4.36. The van der Waals surface area contributed by atoms with Gasteiger partial charge in [0.15, 0.2) is 0 Å². The quantitative estimate of drug-likeness (QED) is 0.423. The summed E-state index contributed by atoms with van der Waals surface area (Å²) in [5.41, 5.74) is 1.82. The Morgan fingerprint density at radius 2 is 2.06 bits per heavy atom. The SMILES string of the molecule is CCCCCCOC1=C(C)C(=NO)CCC1. The summed E-state index contributed by atoms with van der Waals surface area (Å²) in [6.45, 7) is 4.99. The Labute approximate surface area is 98.2 Å². The maximum atomic E-state index is 8.82. The zero-order valence-corrected chi connectivity index (χ0v) is 10.5. The van der Waals surface area contributed by atoms with Crippen molar-refractivity contribution in [1.29, 1.82) is 0 Å². The van der Waals surface area contributed by atoms with Crippen molar-refractivity contribution in [2.75, 3.05) is 6.61 Å². The van der Waals surface area contributed by atoms with Crippen LogP contribution in [0.3, 0.4) is 0 Å². The Kier molecular flexibility index (Phi) is 5.98. The highest BCUT2D eigenvalue weighted by molar-refractivity contribution is 6.00. The maximum absolute atomic E-state index is 8.82. The molecule has 0 aromatic heterocycles. The Morgan fingerprint density at radius 1 is 1.25 bits per heavy atom. The van der Waals surface area contributed by atoms with Crippen LogP contribution in [0.2, 0.25) is 0 Å². The minimum absolute atomic E-state index is 0.787. The van der Waals surface area contributed by atoms with E-state index in [1.165, 1.54) is 19.3 Å². The second-order valence-corrected chi connectivity index (χ2v) is 4.36. The van der Waals surface area contributed by atoms with Crippen LogP contribution in [0.4, 0.5) is 0 Å². The topological polar surface area (TPSA) is 41.8 Å². The summed E-state index contributed by atoms with van der Waals surface area (Å²) in [7, 11) is 0. The molecule has 0 fully saturated rings. The van der Waals surface area contributed by atoms with Gasteiger partial charge in [-0.1, -0.05) is 31.3 Å². The number of nitrogens with zero attached hydrogens (tertiary/aromatic N) is 1. The first-order valence-electron chi connectivity index (χ1n) is 6.33. The summed E-state index contributed by atoms with van der Waals surface area (Å²) in [6, 6.07) is 0. The molecule has 0 amide bonds. The molecule has 3 nitrogen and oxygen atoms in total. The fourth-order valence-electron chi connectivity index (χ4n) is 1.98. The van der Waals surface area contributed by atoms with Crippen LogP contribution in [0.25, 0.3) is 0 Å². The van der Waals surface area contributed by atoms with E-state index in [-0.39, 0.29) is 0 Å². The van der Waals surface area contributed by atoms with E-state index in [0.29, 0.717) is 0 Å². The van der Waals surface area contributed by atoms with Crippen molar-refractivity contribution in [1.82, 2.24) is 0 Å². The first-order valence-corrected chi connectivity index (χ1v) is 6.33. The Morgan fingerprint density at radius 3 is 2.75 bits per heavy atom. The smallest absolute Gasteiger partial charge is 0.101 e. The number of rotatable bonds is 6. The molecule has 16 heavy (non-hydrogen) atoms. The van der Waals surface area contributed by atoms with Crippen molar-refractivity contribution in [3.63, 3.8) is 0 Å². The minimum atomic E-state index is 0.787. The molecule has 92 valence electrons. The monoisotopic (exact) mass is 225 g/mol. The average molecular weight is 225 g/mol. The molecular weight excluding hydrogens is 202 g/mol. The lowest BCUT2D eigenvalue weighted by atomic mass is 9.97. The van der Waals surface area contributed by atoms with Gasteiger partial charge in [-0.2, -0.15) is 0 Å². The molecule has 0 saturated heterocycles. The molecule has 0 spiro atoms. The van der Waals surface area contributed by atoms with Gasteiger partial charge in [-0.15, -0.1) is 0 Å². The minimum Gasteiger partial charge on any atom is -0.498 e. The van der Waals surface area contributed by atoms with Crippen LogP contribution >= 0.6 is 0 Å². The number of hydrogen-bond acceptors (Lipinski definition) is 3. The van der Waals surface area contributed by atoms with Crippen LogP contribution < -0.4 is 0 Å². The van der Waals surface area contributed by atoms with Crippen LogP contribution in [0.5, 0.6) is 0 Å². The number of unbranched alkanes of at least 4 members (excludes halogenated alkanes) is 3. The van der Waals surface area contributed by atoms with Gasteiger partial charge in [-0.3, -0.25) is 0 Å². The van der Waals surface area contributed by atoms with Crippen LogP contribution in [-0.4, -0.2) is 17.5 Å². The molecule has 1 rings (SSSR count). The molecule has 0 saturated carbocycles. The van der Waals surface area contributed by atoms with Crippen molar-refractivity contribution in [2.45, 2.75) is 58.8 Å². The molecule has 0 aromatic carbocycles. The van der Waals surface area contributed by atoms with E-state index in [1.54, 1.807) is 0 Å². The van der Waals surface area contributed by atoms with Gasteiger partial charge in [0.05, 0.1) is 12.3 Å². The molecule has 1 aliphatic carbocycles. The maximum Gasteiger partial charge on any atom is 0.101 e. The standard InChI is InChI=1S/C13H23NO2/c1-3-4-5-6-10-16-13-9-7-8-12(14-15)11(13)2/h15H,3-10H2,1-2H3. The van der Waals surface area contributed by atoms with E-state index in [9.17, 15) is 0 Å². The van der Waals surface area contributed by atoms with E-state index in [2.05, 4.69) is 12.1 Å². The highest BCUT2D eigenvalue weighted by atomic mass is 16.5. The van der Waals surface area contributed by atoms with Gasteiger partial charge in [0.25, 0.3) is 0 Å². The summed E-state index contributed by atoms with van der Waals surface area (Å²) >= 11 is 0. The molecular formula is C13H23NO2. The van der Waals surface area contributed by atoms with E-state index in [4.69, 9.17) is 9.94 Å². The zero-order valence-electron chi connectivity index (χ0n) is 10.5. The van der Waals surface area contributed by atoms with Crippen molar-refractivity contribution >= 4 is 5.71 Å². The molecule has 0 aromatic rings. The summed E-state index contributed by atoms with van der Waals surface area (Å²) in [5, 5.41) is 12.1. The Hall–Kier alpha value is -0.990. The molecule has 0 bridgehead atoms. The van der Waals surface area contributed by atoms with Crippen molar-refractivity contribution in [3.05, 3.63) is 11.3 Å². The number of ether oxygens (including phenoxy) is 1. The molecule has 0 atom stereocenters. The number of allylic oxidation sites excluding steroid dienone is 2. The predicted octanol–water partition coefficient (Wildman–Crippen LogP) is 3.87. The van der Waals surface area contributed by atoms with Gasteiger partial charge >= 0.3 is 0 Å². The highest BCUT2D eigenvalue weighted by Gasteiger charge is 2.16. The summed E-state index contributed by atoms with van der Waals surface area (Å²) < 4.78 is 5.76. The molecule has 3 heteroatoms. The molecule has 1 aliphatic rings. The number of hydrogen-bond donors (Lipinski definition) is 1. The fourth-order valence-corrected chi connectivity index (χ4v) is 1.98. The summed E-state index contributed by atoms with van der Waals surface area (Å²) in [5.74, 6) is 1.02. The Balaban J connectivity index is 2.35. The van der Waals surface area contributed by atoms with Gasteiger partial charge in [0, 0.05) is 12.0 Å². The third-order valence-corrected chi connectivity index (χ3v) is 3.06. The lowest BCUT2D eigenvalue weighted by Crippen LogP contribution is -2.12. The third-order valence-electron chi connectivity index (χ3n) is 3.06. The second kappa shape index (κ2) is 7.31. The first kappa shape index (κ1) is 13.1. The molecule has 0 unspecified atom stereocenters. The predicted molar refractivity (Wildman–Crippen MR) is 65.9 cm³/mol. The van der Waals surface area contributed by atoms with E-state index in [0.717, 1.165) is 49.3 Å². The van der Waals surface area contributed by atoms with Crippen LogP contribution in [0, 0.1) is 0 Å². The lowest BCUT2D eigenvalue weighted by Gasteiger charge is -2.19. The molecule has 0 aliphatic heterocycles. The third kappa shape index (κ3) is 3.87. The normalized spacial score (nSPS) is 19.2.